The van der Waals surface area contributed by atoms with Gasteiger partial charge in [-0.3, -0.25) is 4.99 Å². The van der Waals surface area contributed by atoms with Crippen LogP contribution in [0, 0.1) is 0 Å². The van der Waals surface area contributed by atoms with Gasteiger partial charge in [0.2, 0.25) is 6.79 Å². The lowest BCUT2D eigenvalue weighted by atomic mass is 9.95. The Labute approximate surface area is 175 Å². The number of aliphatic imine (C=N–C) groups is 1. The number of hydrogen-bond acceptors (Lipinski definition) is 6. The summed E-state index contributed by atoms with van der Waals surface area (Å²) in [6.07, 6.45) is 2.34. The number of nitrogens with one attached hydrogen (secondary N) is 1. The summed E-state index contributed by atoms with van der Waals surface area (Å²) in [4.78, 5) is 11.2. The van der Waals surface area contributed by atoms with E-state index in [9.17, 15) is 0 Å². The van der Waals surface area contributed by atoms with Crippen molar-refractivity contribution in [2.24, 2.45) is 4.99 Å². The highest BCUT2D eigenvalue weighted by Crippen LogP contribution is 2.49. The molecule has 1 atom stereocenters. The Morgan fingerprint density at radius 2 is 2.17 bits per heavy atom. The van der Waals surface area contributed by atoms with E-state index in [1.54, 1.807) is 18.4 Å². The van der Waals surface area contributed by atoms with Crippen LogP contribution in [0.25, 0.3) is 0 Å². The summed E-state index contributed by atoms with van der Waals surface area (Å²) in [7, 11) is 5.56. The van der Waals surface area contributed by atoms with E-state index in [2.05, 4.69) is 37.7 Å². The van der Waals surface area contributed by atoms with Crippen molar-refractivity contribution in [2.45, 2.75) is 37.8 Å². The van der Waals surface area contributed by atoms with E-state index in [-0.39, 0.29) is 11.5 Å². The maximum Gasteiger partial charge on any atom is 0.231 e. The average molecular weight is 417 g/mol. The second kappa shape index (κ2) is 8.20. The number of rotatable bonds is 7. The molecule has 1 aliphatic carbocycles. The lowest BCUT2D eigenvalue weighted by molar-refractivity contribution is 0.119. The summed E-state index contributed by atoms with van der Waals surface area (Å²) in [5, 5.41) is 6.64. The molecule has 0 bridgehead atoms. The fourth-order valence-electron chi connectivity index (χ4n) is 3.58. The molecule has 1 unspecified atom stereocenters. The smallest absolute Gasteiger partial charge is 0.231 e. The van der Waals surface area contributed by atoms with Gasteiger partial charge in [-0.25, -0.2) is 4.98 Å². The van der Waals surface area contributed by atoms with Gasteiger partial charge in [0.25, 0.3) is 0 Å². The summed E-state index contributed by atoms with van der Waals surface area (Å²) >= 11 is 1.63. The van der Waals surface area contributed by atoms with E-state index >= 15 is 0 Å². The Morgan fingerprint density at radius 3 is 2.90 bits per heavy atom. The molecule has 1 fully saturated rings. The predicted molar refractivity (Wildman–Crippen MR) is 114 cm³/mol. The van der Waals surface area contributed by atoms with Crippen LogP contribution in [0.4, 0.5) is 0 Å². The van der Waals surface area contributed by atoms with Crippen molar-refractivity contribution >= 4 is 17.3 Å². The minimum Gasteiger partial charge on any atom is -0.454 e. The third kappa shape index (κ3) is 4.18. The first kappa shape index (κ1) is 20.0. The Kier molecular flexibility index (Phi) is 5.65. The molecule has 1 aliphatic heterocycles. The van der Waals surface area contributed by atoms with Gasteiger partial charge in [0, 0.05) is 38.5 Å². The number of hydrogen-bond donors (Lipinski definition) is 1. The first-order valence-corrected chi connectivity index (χ1v) is 10.7. The van der Waals surface area contributed by atoms with Crippen LogP contribution in [0.1, 0.15) is 42.1 Å². The third-order valence-corrected chi connectivity index (χ3v) is 6.72. The van der Waals surface area contributed by atoms with E-state index < -0.39 is 0 Å². The number of methoxy groups -OCH3 is 1. The molecule has 1 N–H and O–H groups in total. The van der Waals surface area contributed by atoms with Crippen LogP contribution in [0.15, 0.2) is 28.6 Å². The quantitative estimate of drug-likeness (QED) is 0.552. The summed E-state index contributed by atoms with van der Waals surface area (Å²) in [5.41, 5.74) is 2.46. The normalized spacial score (nSPS) is 17.9. The van der Waals surface area contributed by atoms with Gasteiger partial charge in [-0.2, -0.15) is 0 Å². The van der Waals surface area contributed by atoms with Crippen LogP contribution in [-0.4, -0.2) is 50.4 Å². The lowest BCUT2D eigenvalue weighted by Crippen LogP contribution is -2.42. The minimum atomic E-state index is 0.0212. The molecule has 8 heteroatoms. The second-order valence-corrected chi connectivity index (χ2v) is 8.55. The Hall–Kier alpha value is -2.32. The SMILES string of the molecule is CN=C(NCC1(c2ccc3c(c2)OCO3)CC1)N(C)Cc1csc(C(C)OC)n1. The zero-order chi connectivity index (χ0) is 20.4. The topological polar surface area (TPSA) is 68.2 Å². The zero-order valence-corrected chi connectivity index (χ0v) is 18.2. The molecule has 0 amide bonds. The number of aromatic nitrogens is 1. The fourth-order valence-corrected chi connectivity index (χ4v) is 4.42. The molecule has 1 saturated carbocycles. The standard InChI is InChI=1S/C21H28N4O3S/c1-14(26-4)19-24-16(11-29-19)10-25(3)20(22-2)23-12-21(7-8-21)15-5-6-17-18(9-15)28-13-27-17/h5-6,9,11,14H,7-8,10,12-13H2,1-4H3,(H,22,23). The lowest BCUT2D eigenvalue weighted by Gasteiger charge is -2.24. The fraction of sp³-hybridized carbons (Fsp3) is 0.524. The van der Waals surface area contributed by atoms with E-state index in [1.165, 1.54) is 5.56 Å². The third-order valence-electron chi connectivity index (χ3n) is 5.67. The molecule has 0 radical (unpaired) electrons. The predicted octanol–water partition coefficient (Wildman–Crippen LogP) is 3.32. The number of benzene rings is 1. The largest absolute Gasteiger partial charge is 0.454 e. The summed E-state index contributed by atoms with van der Waals surface area (Å²) in [5.74, 6) is 2.55. The molecule has 1 aromatic heterocycles. The summed E-state index contributed by atoms with van der Waals surface area (Å²) < 4.78 is 16.3. The molecule has 2 aliphatic rings. The molecule has 0 spiro atoms. The van der Waals surface area contributed by atoms with Crippen LogP contribution >= 0.6 is 11.3 Å². The second-order valence-electron chi connectivity index (χ2n) is 7.66. The molecule has 1 aromatic carbocycles. The van der Waals surface area contributed by atoms with Crippen LogP contribution in [-0.2, 0) is 16.7 Å². The van der Waals surface area contributed by atoms with E-state index in [0.717, 1.165) is 47.5 Å². The maximum atomic E-state index is 5.55. The minimum absolute atomic E-state index is 0.0212. The first-order chi connectivity index (χ1) is 14.0. The zero-order valence-electron chi connectivity index (χ0n) is 17.4. The van der Waals surface area contributed by atoms with E-state index in [4.69, 9.17) is 14.2 Å². The maximum absolute atomic E-state index is 5.55. The molecule has 0 saturated heterocycles. The molecule has 7 nitrogen and oxygen atoms in total. The molecule has 29 heavy (non-hydrogen) atoms. The van der Waals surface area contributed by atoms with Gasteiger partial charge in [-0.05, 0) is 37.5 Å². The molecule has 2 heterocycles. The van der Waals surface area contributed by atoms with Crippen LogP contribution in [0.3, 0.4) is 0 Å². The Bertz CT molecular complexity index is 894. The number of thiazole rings is 1. The van der Waals surface area contributed by atoms with Gasteiger partial charge in [0.05, 0.1) is 12.2 Å². The van der Waals surface area contributed by atoms with E-state index in [0.29, 0.717) is 13.3 Å². The highest BCUT2D eigenvalue weighted by atomic mass is 32.1. The average Bonchev–Trinajstić information content (AvgIpc) is 3.14. The number of nitrogens with zero attached hydrogens (tertiary/aromatic N) is 3. The summed E-state index contributed by atoms with van der Waals surface area (Å²) in [6.45, 7) is 3.86. The van der Waals surface area contributed by atoms with Gasteiger partial charge in [0.15, 0.2) is 17.5 Å². The number of fused-ring (bicyclic) bond motifs is 1. The molecule has 2 aromatic rings. The van der Waals surface area contributed by atoms with Crippen LogP contribution < -0.4 is 14.8 Å². The monoisotopic (exact) mass is 416 g/mol. The van der Waals surface area contributed by atoms with Crippen molar-refractivity contribution in [2.75, 3.05) is 34.5 Å². The molecular formula is C21H28N4O3S. The van der Waals surface area contributed by atoms with Gasteiger partial charge < -0.3 is 24.4 Å². The molecule has 156 valence electrons. The highest BCUT2D eigenvalue weighted by Gasteiger charge is 2.45. The van der Waals surface area contributed by atoms with Gasteiger partial charge in [-0.1, -0.05) is 6.07 Å². The van der Waals surface area contributed by atoms with Crippen LogP contribution in [0.2, 0.25) is 0 Å². The van der Waals surface area contributed by atoms with Crippen molar-refractivity contribution < 1.29 is 14.2 Å². The van der Waals surface area contributed by atoms with Crippen molar-refractivity contribution in [3.05, 3.63) is 39.8 Å². The number of guanidine groups is 1. The first-order valence-electron chi connectivity index (χ1n) is 9.83. The summed E-state index contributed by atoms with van der Waals surface area (Å²) in [6, 6.07) is 6.29. The molecular weight excluding hydrogens is 388 g/mol. The molecule has 4 rings (SSSR count). The van der Waals surface area contributed by atoms with Crippen LogP contribution in [0.5, 0.6) is 11.5 Å². The van der Waals surface area contributed by atoms with Gasteiger partial charge >= 0.3 is 0 Å². The number of ether oxygens (including phenoxy) is 3. The van der Waals surface area contributed by atoms with Crippen molar-refractivity contribution in [3.63, 3.8) is 0 Å². The van der Waals surface area contributed by atoms with E-state index in [1.807, 2.05) is 27.1 Å². The highest BCUT2D eigenvalue weighted by molar-refractivity contribution is 7.09. The Balaban J connectivity index is 1.37. The van der Waals surface area contributed by atoms with Crippen molar-refractivity contribution in [1.29, 1.82) is 0 Å². The Morgan fingerprint density at radius 1 is 1.38 bits per heavy atom. The van der Waals surface area contributed by atoms with Crippen molar-refractivity contribution in [1.82, 2.24) is 15.2 Å². The van der Waals surface area contributed by atoms with Gasteiger partial charge in [0.1, 0.15) is 11.1 Å². The van der Waals surface area contributed by atoms with Gasteiger partial charge in [-0.15, -0.1) is 11.3 Å². The van der Waals surface area contributed by atoms with Crippen molar-refractivity contribution in [3.8, 4) is 11.5 Å².